The number of halogens is 2. The summed E-state index contributed by atoms with van der Waals surface area (Å²) < 4.78 is 30.8. The first-order chi connectivity index (χ1) is 22.1. The second kappa shape index (κ2) is 14.7. The van der Waals surface area contributed by atoms with E-state index in [9.17, 15) is 18.0 Å². The van der Waals surface area contributed by atoms with E-state index in [0.29, 0.717) is 27.7 Å². The van der Waals surface area contributed by atoms with Crippen molar-refractivity contribution in [2.45, 2.75) is 12.3 Å². The number of carbonyl (C=O) groups is 2. The van der Waals surface area contributed by atoms with Crippen LogP contribution in [0.25, 0.3) is 22.3 Å². The van der Waals surface area contributed by atoms with Gasteiger partial charge in [-0.2, -0.15) is 8.42 Å². The highest BCUT2D eigenvalue weighted by Gasteiger charge is 2.22. The minimum atomic E-state index is -4.18. The maximum atomic E-state index is 13.8. The predicted octanol–water partition coefficient (Wildman–Crippen LogP) is 7.91. The van der Waals surface area contributed by atoms with Gasteiger partial charge in [-0.05, 0) is 70.6 Å². The molecule has 7 nitrogen and oxygen atoms in total. The lowest BCUT2D eigenvalue weighted by Gasteiger charge is -2.19. The van der Waals surface area contributed by atoms with Gasteiger partial charge in [0.1, 0.15) is 0 Å². The molecule has 0 aliphatic carbocycles. The molecule has 0 aliphatic heterocycles. The topological polar surface area (TPSA) is 113 Å². The molecule has 10 heteroatoms. The standard InChI is InChI=1S/C36H30Cl2N2O5S/c37-30-16-19-32(34(38)23-30)27-14-17-31(18-15-27)40-36(42)33(28-12-10-26(11-13-28)25-4-2-1-3-5-25)22-24-6-8-29(9-7-24)35(41)39-20-21-46(43,44)45/h1-19,23,33H,20-22H2,(H,39,41)(H,40,42)(H,43,44,45). The molecule has 0 radical (unpaired) electrons. The van der Waals surface area contributed by atoms with Gasteiger partial charge in [-0.25, -0.2) is 0 Å². The Morgan fingerprint density at radius 3 is 2.00 bits per heavy atom. The summed E-state index contributed by atoms with van der Waals surface area (Å²) >= 11 is 12.4. The average Bonchev–Trinajstić information content (AvgIpc) is 3.04. The summed E-state index contributed by atoms with van der Waals surface area (Å²) in [4.78, 5) is 26.2. The highest BCUT2D eigenvalue weighted by atomic mass is 35.5. The van der Waals surface area contributed by atoms with Crippen LogP contribution in [0.5, 0.6) is 0 Å². The molecule has 0 saturated heterocycles. The molecule has 5 rings (SSSR count). The van der Waals surface area contributed by atoms with E-state index in [2.05, 4.69) is 10.6 Å². The SMILES string of the molecule is O=C(NCCS(=O)(=O)O)c1ccc(CC(C(=O)Nc2ccc(-c3ccc(Cl)cc3Cl)cc2)c2ccc(-c3ccccc3)cc2)cc1. The largest absolute Gasteiger partial charge is 0.351 e. The van der Waals surface area contributed by atoms with E-state index in [1.807, 2.05) is 84.9 Å². The number of benzene rings is 5. The van der Waals surface area contributed by atoms with Gasteiger partial charge < -0.3 is 10.6 Å². The number of hydrogen-bond acceptors (Lipinski definition) is 4. The van der Waals surface area contributed by atoms with Gasteiger partial charge in [-0.3, -0.25) is 14.1 Å². The second-order valence-corrected chi connectivity index (χ2v) is 13.1. The van der Waals surface area contributed by atoms with E-state index in [-0.39, 0.29) is 12.5 Å². The summed E-state index contributed by atoms with van der Waals surface area (Å²) in [6.45, 7) is -0.214. The van der Waals surface area contributed by atoms with Crippen molar-refractivity contribution in [3.05, 3.63) is 148 Å². The van der Waals surface area contributed by atoms with Crippen LogP contribution in [0.15, 0.2) is 121 Å². The molecule has 5 aromatic rings. The van der Waals surface area contributed by atoms with Crippen molar-refractivity contribution in [2.24, 2.45) is 0 Å². The molecule has 3 N–H and O–H groups in total. The Balaban J connectivity index is 1.35. The van der Waals surface area contributed by atoms with Crippen LogP contribution >= 0.6 is 23.2 Å². The first-order valence-corrected chi connectivity index (χ1v) is 16.8. The molecule has 0 bridgehead atoms. The number of amides is 2. The molecule has 0 fully saturated rings. The van der Waals surface area contributed by atoms with Gasteiger partial charge in [0.2, 0.25) is 5.91 Å². The Kier molecular flexibility index (Phi) is 10.6. The minimum Gasteiger partial charge on any atom is -0.351 e. The van der Waals surface area contributed by atoms with E-state index >= 15 is 0 Å². The normalized spacial score (nSPS) is 11.9. The Morgan fingerprint density at radius 2 is 1.37 bits per heavy atom. The molecule has 0 spiro atoms. The maximum Gasteiger partial charge on any atom is 0.266 e. The lowest BCUT2D eigenvalue weighted by Crippen LogP contribution is -2.28. The van der Waals surface area contributed by atoms with Gasteiger partial charge in [0.15, 0.2) is 0 Å². The maximum absolute atomic E-state index is 13.8. The summed E-state index contributed by atoms with van der Waals surface area (Å²) in [7, 11) is -4.18. The third-order valence-corrected chi connectivity index (χ3v) is 8.70. The number of anilines is 1. The summed E-state index contributed by atoms with van der Waals surface area (Å²) in [5, 5.41) is 6.60. The zero-order valence-electron chi connectivity index (χ0n) is 24.5. The summed E-state index contributed by atoms with van der Waals surface area (Å²) in [5.74, 6) is -1.79. The van der Waals surface area contributed by atoms with Crippen LogP contribution in [0.2, 0.25) is 10.0 Å². The Bertz CT molecular complexity index is 1930. The molecule has 0 saturated carbocycles. The molecule has 1 unspecified atom stereocenters. The van der Waals surface area contributed by atoms with E-state index in [4.69, 9.17) is 27.8 Å². The van der Waals surface area contributed by atoms with Crippen molar-refractivity contribution < 1.29 is 22.6 Å². The molecule has 0 heterocycles. The number of carbonyl (C=O) groups excluding carboxylic acids is 2. The van der Waals surface area contributed by atoms with Gasteiger partial charge in [-0.1, -0.05) is 108 Å². The number of nitrogens with one attached hydrogen (secondary N) is 2. The molecule has 0 aromatic heterocycles. The van der Waals surface area contributed by atoms with Crippen LogP contribution in [0.3, 0.4) is 0 Å². The van der Waals surface area contributed by atoms with Gasteiger partial charge in [0.25, 0.3) is 16.0 Å². The van der Waals surface area contributed by atoms with Crippen molar-refractivity contribution in [3.8, 4) is 22.3 Å². The monoisotopic (exact) mass is 672 g/mol. The van der Waals surface area contributed by atoms with E-state index in [1.54, 1.807) is 36.4 Å². The summed E-state index contributed by atoms with van der Waals surface area (Å²) in [5.41, 5.74) is 6.43. The predicted molar refractivity (Wildman–Crippen MR) is 184 cm³/mol. The summed E-state index contributed by atoms with van der Waals surface area (Å²) in [6, 6.07) is 37.4. The van der Waals surface area contributed by atoms with Crippen LogP contribution < -0.4 is 10.6 Å². The zero-order chi connectivity index (χ0) is 32.7. The van der Waals surface area contributed by atoms with Crippen LogP contribution in [-0.4, -0.2) is 37.1 Å². The lowest BCUT2D eigenvalue weighted by molar-refractivity contribution is -0.117. The lowest BCUT2D eigenvalue weighted by atomic mass is 9.89. The molecular formula is C36H30Cl2N2O5S. The smallest absolute Gasteiger partial charge is 0.266 e. The third-order valence-electron chi connectivity index (χ3n) is 7.43. The Morgan fingerprint density at radius 1 is 0.739 bits per heavy atom. The molecule has 5 aromatic carbocycles. The average molecular weight is 674 g/mol. The number of rotatable bonds is 11. The van der Waals surface area contributed by atoms with Crippen molar-refractivity contribution in [3.63, 3.8) is 0 Å². The number of hydrogen-bond donors (Lipinski definition) is 3. The van der Waals surface area contributed by atoms with Gasteiger partial charge in [-0.15, -0.1) is 0 Å². The van der Waals surface area contributed by atoms with Gasteiger partial charge >= 0.3 is 0 Å². The molecule has 234 valence electrons. The molecule has 2 amide bonds. The van der Waals surface area contributed by atoms with E-state index in [0.717, 1.165) is 33.4 Å². The highest BCUT2D eigenvalue weighted by molar-refractivity contribution is 7.85. The second-order valence-electron chi connectivity index (χ2n) is 10.7. The Labute approximate surface area is 278 Å². The fourth-order valence-electron chi connectivity index (χ4n) is 5.01. The van der Waals surface area contributed by atoms with E-state index in [1.165, 1.54) is 0 Å². The van der Waals surface area contributed by atoms with Crippen molar-refractivity contribution in [1.29, 1.82) is 0 Å². The fourth-order valence-corrected chi connectivity index (χ4v) is 5.89. The highest BCUT2D eigenvalue weighted by Crippen LogP contribution is 2.32. The third kappa shape index (κ3) is 8.83. The quantitative estimate of drug-likeness (QED) is 0.123. The van der Waals surface area contributed by atoms with Crippen molar-refractivity contribution in [2.75, 3.05) is 17.6 Å². The van der Waals surface area contributed by atoms with Crippen LogP contribution in [-0.2, 0) is 21.3 Å². The minimum absolute atomic E-state index is 0.197. The van der Waals surface area contributed by atoms with Crippen molar-refractivity contribution in [1.82, 2.24) is 5.32 Å². The molecule has 46 heavy (non-hydrogen) atoms. The first-order valence-electron chi connectivity index (χ1n) is 14.4. The molecule has 1 atom stereocenters. The van der Waals surface area contributed by atoms with Crippen LogP contribution in [0, 0.1) is 0 Å². The first kappa shape index (κ1) is 32.9. The van der Waals surface area contributed by atoms with E-state index < -0.39 is 27.7 Å². The van der Waals surface area contributed by atoms with Crippen LogP contribution in [0.1, 0.15) is 27.4 Å². The van der Waals surface area contributed by atoms with Crippen LogP contribution in [0.4, 0.5) is 5.69 Å². The molecule has 0 aliphatic rings. The Hall–Kier alpha value is -4.47. The van der Waals surface area contributed by atoms with Gasteiger partial charge in [0, 0.05) is 33.4 Å². The summed E-state index contributed by atoms with van der Waals surface area (Å²) in [6.07, 6.45) is 0.361. The van der Waals surface area contributed by atoms with Crippen molar-refractivity contribution >= 4 is 50.8 Å². The molecular weight excluding hydrogens is 643 g/mol. The zero-order valence-corrected chi connectivity index (χ0v) is 26.8. The van der Waals surface area contributed by atoms with Gasteiger partial charge in [0.05, 0.1) is 11.7 Å². The fraction of sp³-hybridized carbons (Fsp3) is 0.111.